The molecule has 2 aromatic rings. The third-order valence-corrected chi connectivity index (χ3v) is 4.08. The summed E-state index contributed by atoms with van der Waals surface area (Å²) in [4.78, 5) is 27.2. The molecule has 1 heterocycles. The molecule has 0 saturated heterocycles. The number of carboxylic acids is 1. The van der Waals surface area contributed by atoms with Crippen molar-refractivity contribution < 1.29 is 19.4 Å². The molecule has 7 heteroatoms. The second kappa shape index (κ2) is 9.02. The number of aliphatic carboxylic acids is 1. The van der Waals surface area contributed by atoms with E-state index in [1.54, 1.807) is 0 Å². The van der Waals surface area contributed by atoms with E-state index in [1.165, 1.54) is 17.5 Å². The number of thiazole rings is 1. The molecule has 1 aromatic heterocycles. The van der Waals surface area contributed by atoms with Gasteiger partial charge in [0.15, 0.2) is 5.13 Å². The zero-order valence-electron chi connectivity index (χ0n) is 13.4. The third kappa shape index (κ3) is 6.00. The Hall–Kier alpha value is -2.41. The summed E-state index contributed by atoms with van der Waals surface area (Å²) in [6, 6.07) is 7.71. The Kier molecular flexibility index (Phi) is 6.74. The normalized spacial score (nSPS) is 10.4. The molecule has 1 amide bonds. The van der Waals surface area contributed by atoms with Crippen LogP contribution in [0.1, 0.15) is 30.2 Å². The van der Waals surface area contributed by atoms with Crippen LogP contribution in [0.3, 0.4) is 0 Å². The van der Waals surface area contributed by atoms with Gasteiger partial charge in [-0.05, 0) is 30.5 Å². The molecule has 0 bridgehead atoms. The minimum Gasteiger partial charge on any atom is -0.494 e. The molecular weight excluding hydrogens is 328 g/mol. The minimum atomic E-state index is -0.914. The minimum absolute atomic E-state index is 0.0833. The topological polar surface area (TPSA) is 88.5 Å². The van der Waals surface area contributed by atoms with Gasteiger partial charge in [0, 0.05) is 17.5 Å². The zero-order valence-corrected chi connectivity index (χ0v) is 14.3. The van der Waals surface area contributed by atoms with Crippen LogP contribution in [-0.2, 0) is 22.4 Å². The van der Waals surface area contributed by atoms with E-state index in [9.17, 15) is 9.59 Å². The highest BCUT2D eigenvalue weighted by Crippen LogP contribution is 2.19. The maximum atomic E-state index is 11.9. The first-order valence-electron chi connectivity index (χ1n) is 7.75. The number of hydrogen-bond donors (Lipinski definition) is 2. The van der Waals surface area contributed by atoms with Crippen molar-refractivity contribution >= 4 is 28.3 Å². The maximum absolute atomic E-state index is 11.9. The van der Waals surface area contributed by atoms with Gasteiger partial charge < -0.3 is 15.2 Å². The molecule has 0 radical (unpaired) electrons. The number of carbonyl (C=O) groups excluding carboxylic acids is 1. The maximum Gasteiger partial charge on any atom is 0.308 e. The third-order valence-electron chi connectivity index (χ3n) is 3.16. The van der Waals surface area contributed by atoms with Gasteiger partial charge in [-0.25, -0.2) is 4.98 Å². The van der Waals surface area contributed by atoms with Crippen LogP contribution in [0, 0.1) is 0 Å². The van der Waals surface area contributed by atoms with Gasteiger partial charge in [0.2, 0.25) is 5.91 Å². The molecule has 0 aliphatic carbocycles. The molecule has 0 aliphatic heterocycles. The summed E-state index contributed by atoms with van der Waals surface area (Å²) >= 11 is 1.18. The lowest BCUT2D eigenvalue weighted by atomic mass is 10.1. The number of aromatic nitrogens is 1. The smallest absolute Gasteiger partial charge is 0.308 e. The second-order valence-corrected chi connectivity index (χ2v) is 6.36. The van der Waals surface area contributed by atoms with Crippen LogP contribution in [0.4, 0.5) is 5.13 Å². The van der Waals surface area contributed by atoms with Crippen molar-refractivity contribution in [2.24, 2.45) is 0 Å². The Morgan fingerprint density at radius 1 is 1.29 bits per heavy atom. The number of hydrogen-bond acceptors (Lipinski definition) is 5. The van der Waals surface area contributed by atoms with Gasteiger partial charge in [0.25, 0.3) is 0 Å². The van der Waals surface area contributed by atoms with Crippen molar-refractivity contribution in [2.75, 3.05) is 11.9 Å². The number of benzene rings is 1. The van der Waals surface area contributed by atoms with Crippen LogP contribution in [0.25, 0.3) is 0 Å². The highest BCUT2D eigenvalue weighted by atomic mass is 32.1. The van der Waals surface area contributed by atoms with E-state index in [1.807, 2.05) is 24.3 Å². The first-order chi connectivity index (χ1) is 11.6. The van der Waals surface area contributed by atoms with Crippen LogP contribution in [0.2, 0.25) is 0 Å². The highest BCUT2D eigenvalue weighted by molar-refractivity contribution is 7.15. The monoisotopic (exact) mass is 348 g/mol. The zero-order chi connectivity index (χ0) is 17.4. The van der Waals surface area contributed by atoms with Crippen LogP contribution in [0.5, 0.6) is 5.75 Å². The highest BCUT2D eigenvalue weighted by Gasteiger charge is 2.09. The summed E-state index contributed by atoms with van der Waals surface area (Å²) in [5.41, 5.74) is 1.06. The van der Waals surface area contributed by atoms with E-state index in [0.29, 0.717) is 29.5 Å². The van der Waals surface area contributed by atoms with Crippen molar-refractivity contribution in [3.05, 3.63) is 40.9 Å². The van der Waals surface area contributed by atoms with Crippen LogP contribution >= 0.6 is 11.3 Å². The molecule has 0 aliphatic rings. The van der Waals surface area contributed by atoms with Crippen LogP contribution in [0.15, 0.2) is 30.5 Å². The fourth-order valence-corrected chi connectivity index (χ4v) is 2.83. The first kappa shape index (κ1) is 17.9. The lowest BCUT2D eigenvalue weighted by molar-refractivity contribution is -0.136. The number of nitrogens with one attached hydrogen (secondary N) is 1. The van der Waals surface area contributed by atoms with Gasteiger partial charge >= 0.3 is 5.97 Å². The van der Waals surface area contributed by atoms with E-state index < -0.39 is 5.97 Å². The van der Waals surface area contributed by atoms with E-state index in [4.69, 9.17) is 9.84 Å². The van der Waals surface area contributed by atoms with Crippen LogP contribution in [-0.4, -0.2) is 28.6 Å². The van der Waals surface area contributed by atoms with Crippen molar-refractivity contribution in [2.45, 2.75) is 32.6 Å². The number of nitrogens with zero attached hydrogens (tertiary/aromatic N) is 1. The summed E-state index contributed by atoms with van der Waals surface area (Å²) in [6.07, 6.45) is 3.31. The Morgan fingerprint density at radius 2 is 2.04 bits per heavy atom. The molecule has 1 aromatic carbocycles. The molecule has 0 fully saturated rings. The number of anilines is 1. The lowest BCUT2D eigenvalue weighted by Crippen LogP contribution is -2.12. The molecule has 0 unspecified atom stereocenters. The average molecular weight is 348 g/mol. The molecule has 128 valence electrons. The van der Waals surface area contributed by atoms with E-state index >= 15 is 0 Å². The van der Waals surface area contributed by atoms with Gasteiger partial charge in [-0.3, -0.25) is 9.59 Å². The van der Waals surface area contributed by atoms with Gasteiger partial charge in [-0.2, -0.15) is 0 Å². The standard InChI is InChI=1S/C17H20N2O4S/c1-2-9-23-13-6-3-12(4-7-13)5-8-15(20)19-17-18-11-14(24-17)10-16(21)22/h3-4,6-7,11H,2,5,8-10H2,1H3,(H,21,22)(H,18,19,20). The van der Waals surface area contributed by atoms with Crippen molar-refractivity contribution in [1.82, 2.24) is 4.98 Å². The lowest BCUT2D eigenvalue weighted by Gasteiger charge is -2.06. The molecule has 0 spiro atoms. The van der Waals surface area contributed by atoms with Gasteiger partial charge in [0.1, 0.15) is 5.75 Å². The summed E-state index contributed by atoms with van der Waals surface area (Å²) in [5, 5.41) is 11.8. The van der Waals surface area contributed by atoms with Crippen molar-refractivity contribution in [3.63, 3.8) is 0 Å². The predicted octanol–water partition coefficient (Wildman–Crippen LogP) is 3.13. The first-order valence-corrected chi connectivity index (χ1v) is 8.56. The van der Waals surface area contributed by atoms with Gasteiger partial charge in [0.05, 0.1) is 13.0 Å². The predicted molar refractivity (Wildman–Crippen MR) is 92.6 cm³/mol. The Balaban J connectivity index is 1.78. The molecule has 0 atom stereocenters. The number of ether oxygens (including phenoxy) is 1. The molecule has 0 saturated carbocycles. The van der Waals surface area contributed by atoms with Crippen LogP contribution < -0.4 is 10.1 Å². The molecule has 6 nitrogen and oxygen atoms in total. The Morgan fingerprint density at radius 3 is 2.71 bits per heavy atom. The Bertz CT molecular complexity index is 682. The molecule has 2 rings (SSSR count). The Labute approximate surface area is 144 Å². The molecule has 24 heavy (non-hydrogen) atoms. The van der Waals surface area contributed by atoms with Crippen molar-refractivity contribution in [1.29, 1.82) is 0 Å². The fourth-order valence-electron chi connectivity index (χ4n) is 2.01. The largest absolute Gasteiger partial charge is 0.494 e. The number of amides is 1. The summed E-state index contributed by atoms with van der Waals surface area (Å²) in [7, 11) is 0. The average Bonchev–Trinajstić information content (AvgIpc) is 2.98. The SMILES string of the molecule is CCCOc1ccc(CCC(=O)Nc2ncc(CC(=O)O)s2)cc1. The number of carboxylic acid groups (broad SMARTS) is 1. The van der Waals surface area contributed by atoms with E-state index in [-0.39, 0.29) is 12.3 Å². The van der Waals surface area contributed by atoms with E-state index in [2.05, 4.69) is 17.2 Å². The fraction of sp³-hybridized carbons (Fsp3) is 0.353. The number of aryl methyl sites for hydroxylation is 1. The summed E-state index contributed by atoms with van der Waals surface area (Å²) in [6.45, 7) is 2.75. The molecular formula is C17H20N2O4S. The van der Waals surface area contributed by atoms with E-state index in [0.717, 1.165) is 17.7 Å². The quantitative estimate of drug-likeness (QED) is 0.727. The molecule has 2 N–H and O–H groups in total. The number of rotatable bonds is 9. The second-order valence-electron chi connectivity index (χ2n) is 5.24. The summed E-state index contributed by atoms with van der Waals surface area (Å²) in [5.74, 6) is -0.223. The summed E-state index contributed by atoms with van der Waals surface area (Å²) < 4.78 is 5.52. The number of carbonyl (C=O) groups is 2. The van der Waals surface area contributed by atoms with Gasteiger partial charge in [-0.1, -0.05) is 19.1 Å². The van der Waals surface area contributed by atoms with Gasteiger partial charge in [-0.15, -0.1) is 11.3 Å². The van der Waals surface area contributed by atoms with Crippen molar-refractivity contribution in [3.8, 4) is 5.75 Å².